The second-order valence-electron chi connectivity index (χ2n) is 5.82. The molecule has 0 fully saturated rings. The average molecular weight is 400 g/mol. The Balaban J connectivity index is 2.03. The predicted octanol–water partition coefficient (Wildman–Crippen LogP) is 4.62. The van der Waals surface area contributed by atoms with Crippen LogP contribution in [0.5, 0.6) is 0 Å². The van der Waals surface area contributed by atoms with E-state index in [0.29, 0.717) is 11.1 Å². The first-order valence-corrected chi connectivity index (χ1v) is 8.55. The van der Waals surface area contributed by atoms with Crippen LogP contribution >= 0.6 is 0 Å². The number of rotatable bonds is 12. The van der Waals surface area contributed by atoms with Crippen molar-refractivity contribution in [1.82, 2.24) is 0 Å². The average Bonchev–Trinajstić information content (AvgIpc) is 2.72. The fraction of sp³-hybridized carbons (Fsp3) is 0.200. The SMILES string of the molecule is C=COC(COCC(OC=C)c1ccc([N+](=O)[O-])cc1)c1ccc([N+](=O)[O-])cc1. The minimum atomic E-state index is -0.519. The zero-order valence-electron chi connectivity index (χ0n) is 15.5. The molecular weight excluding hydrogens is 380 g/mol. The maximum absolute atomic E-state index is 10.8. The van der Waals surface area contributed by atoms with E-state index in [1.807, 2.05) is 0 Å². The molecule has 152 valence electrons. The molecule has 0 aliphatic carbocycles. The predicted molar refractivity (Wildman–Crippen MR) is 105 cm³/mol. The second kappa shape index (κ2) is 10.6. The molecule has 0 spiro atoms. The highest BCUT2D eigenvalue weighted by Crippen LogP contribution is 2.24. The van der Waals surface area contributed by atoms with E-state index in [1.165, 1.54) is 36.8 Å². The lowest BCUT2D eigenvalue weighted by molar-refractivity contribution is -0.385. The topological polar surface area (TPSA) is 114 Å². The molecule has 9 heteroatoms. The minimum Gasteiger partial charge on any atom is -0.492 e. The molecule has 9 nitrogen and oxygen atoms in total. The minimum absolute atomic E-state index is 0.0235. The first-order chi connectivity index (χ1) is 14.0. The summed E-state index contributed by atoms with van der Waals surface area (Å²) in [7, 11) is 0. The number of hydrogen-bond donors (Lipinski definition) is 0. The smallest absolute Gasteiger partial charge is 0.269 e. The third-order valence-corrected chi connectivity index (χ3v) is 4.01. The van der Waals surface area contributed by atoms with Crippen molar-refractivity contribution in [1.29, 1.82) is 0 Å². The Morgan fingerprint density at radius 1 is 0.759 bits per heavy atom. The number of hydrogen-bond acceptors (Lipinski definition) is 7. The quantitative estimate of drug-likeness (QED) is 0.290. The molecule has 2 rings (SSSR count). The van der Waals surface area contributed by atoms with Crippen molar-refractivity contribution in [2.75, 3.05) is 13.2 Å². The van der Waals surface area contributed by atoms with E-state index in [9.17, 15) is 20.2 Å². The molecule has 0 N–H and O–H groups in total. The summed E-state index contributed by atoms with van der Waals surface area (Å²) in [5.41, 5.74) is 1.33. The van der Waals surface area contributed by atoms with E-state index in [-0.39, 0.29) is 24.6 Å². The van der Waals surface area contributed by atoms with Crippen molar-refractivity contribution in [3.63, 3.8) is 0 Å². The number of nitro groups is 2. The Morgan fingerprint density at radius 3 is 1.38 bits per heavy atom. The van der Waals surface area contributed by atoms with Gasteiger partial charge in [-0.3, -0.25) is 20.2 Å². The molecule has 2 atom stereocenters. The van der Waals surface area contributed by atoms with Gasteiger partial charge in [-0.05, 0) is 35.4 Å². The summed E-state index contributed by atoms with van der Waals surface area (Å²) in [5, 5.41) is 21.6. The fourth-order valence-electron chi connectivity index (χ4n) is 2.56. The summed E-state index contributed by atoms with van der Waals surface area (Å²) in [6, 6.07) is 11.9. The van der Waals surface area contributed by atoms with Crippen LogP contribution in [-0.2, 0) is 14.2 Å². The Bertz CT molecular complexity index is 779. The monoisotopic (exact) mass is 400 g/mol. The molecule has 0 radical (unpaired) electrons. The standard InChI is InChI=1S/C20H20N2O7/c1-3-28-19(15-5-9-17(10-6-15)21(23)24)13-27-14-20(29-4-2)16-7-11-18(12-8-16)22(25)26/h3-12,19-20H,1-2,13-14H2. The van der Waals surface area contributed by atoms with Crippen LogP contribution in [0.25, 0.3) is 0 Å². The van der Waals surface area contributed by atoms with Crippen LogP contribution in [0.1, 0.15) is 23.3 Å². The van der Waals surface area contributed by atoms with Crippen LogP contribution in [0.4, 0.5) is 11.4 Å². The maximum Gasteiger partial charge on any atom is 0.269 e. The van der Waals surface area contributed by atoms with Crippen molar-refractivity contribution < 1.29 is 24.1 Å². The summed E-state index contributed by atoms with van der Waals surface area (Å²) in [5.74, 6) is 0. The molecule has 0 aliphatic rings. The van der Waals surface area contributed by atoms with E-state index in [2.05, 4.69) is 13.2 Å². The van der Waals surface area contributed by atoms with Crippen LogP contribution in [0, 0.1) is 20.2 Å². The molecule has 0 aliphatic heterocycles. The van der Waals surface area contributed by atoms with Gasteiger partial charge in [-0.2, -0.15) is 0 Å². The normalized spacial score (nSPS) is 12.4. The van der Waals surface area contributed by atoms with Gasteiger partial charge in [0, 0.05) is 24.3 Å². The summed E-state index contributed by atoms with van der Waals surface area (Å²) in [4.78, 5) is 20.6. The van der Waals surface area contributed by atoms with Gasteiger partial charge in [0.2, 0.25) is 0 Å². The van der Waals surface area contributed by atoms with Crippen molar-refractivity contribution >= 4 is 11.4 Å². The van der Waals surface area contributed by atoms with E-state index in [4.69, 9.17) is 14.2 Å². The zero-order valence-corrected chi connectivity index (χ0v) is 15.5. The first kappa shape index (κ1) is 21.6. The van der Waals surface area contributed by atoms with Gasteiger partial charge in [0.1, 0.15) is 12.2 Å². The molecule has 0 saturated carbocycles. The van der Waals surface area contributed by atoms with Crippen molar-refractivity contribution in [2.45, 2.75) is 12.2 Å². The fourth-order valence-corrected chi connectivity index (χ4v) is 2.56. The molecule has 0 bridgehead atoms. The van der Waals surface area contributed by atoms with Crippen LogP contribution < -0.4 is 0 Å². The van der Waals surface area contributed by atoms with Crippen molar-refractivity contribution in [3.05, 3.63) is 106 Å². The molecule has 2 unspecified atom stereocenters. The number of benzene rings is 2. The van der Waals surface area contributed by atoms with E-state index >= 15 is 0 Å². The molecule has 0 saturated heterocycles. The van der Waals surface area contributed by atoms with Crippen LogP contribution in [0.3, 0.4) is 0 Å². The highest BCUT2D eigenvalue weighted by Gasteiger charge is 2.18. The molecule has 2 aromatic rings. The summed E-state index contributed by atoms with van der Waals surface area (Å²) in [6.45, 7) is 7.34. The third kappa shape index (κ3) is 6.15. The number of non-ortho nitro benzene ring substituents is 2. The summed E-state index contributed by atoms with van der Waals surface area (Å²) in [6.07, 6.45) is 1.50. The lowest BCUT2D eigenvalue weighted by Gasteiger charge is -2.20. The number of nitrogens with zero attached hydrogens (tertiary/aromatic N) is 2. The van der Waals surface area contributed by atoms with E-state index in [0.717, 1.165) is 0 Å². The van der Waals surface area contributed by atoms with Gasteiger partial charge in [-0.15, -0.1) is 0 Å². The lowest BCUT2D eigenvalue weighted by Crippen LogP contribution is -2.15. The van der Waals surface area contributed by atoms with Crippen molar-refractivity contribution in [2.24, 2.45) is 0 Å². The molecule has 29 heavy (non-hydrogen) atoms. The van der Waals surface area contributed by atoms with Crippen LogP contribution in [-0.4, -0.2) is 23.1 Å². The summed E-state index contributed by atoms with van der Waals surface area (Å²) >= 11 is 0. The summed E-state index contributed by atoms with van der Waals surface area (Å²) < 4.78 is 16.6. The highest BCUT2D eigenvalue weighted by atomic mass is 16.6. The van der Waals surface area contributed by atoms with Gasteiger partial charge >= 0.3 is 0 Å². The van der Waals surface area contributed by atoms with E-state index < -0.39 is 22.1 Å². The van der Waals surface area contributed by atoms with Gasteiger partial charge < -0.3 is 14.2 Å². The maximum atomic E-state index is 10.8. The first-order valence-electron chi connectivity index (χ1n) is 8.55. The van der Waals surface area contributed by atoms with Crippen LogP contribution in [0.2, 0.25) is 0 Å². The Kier molecular flexibility index (Phi) is 7.87. The van der Waals surface area contributed by atoms with E-state index in [1.54, 1.807) is 24.3 Å². The Labute approximate surface area is 167 Å². The van der Waals surface area contributed by atoms with Gasteiger partial charge in [-0.25, -0.2) is 0 Å². The van der Waals surface area contributed by atoms with Gasteiger partial charge in [0.05, 0.1) is 35.6 Å². The second-order valence-corrected chi connectivity index (χ2v) is 5.82. The number of ether oxygens (including phenoxy) is 3. The molecule has 2 aromatic carbocycles. The lowest BCUT2D eigenvalue weighted by atomic mass is 10.1. The molecular formula is C20H20N2O7. The third-order valence-electron chi connectivity index (χ3n) is 4.01. The Hall–Kier alpha value is -3.72. The van der Waals surface area contributed by atoms with Gasteiger partial charge in [0.25, 0.3) is 11.4 Å². The zero-order chi connectivity index (χ0) is 21.2. The highest BCUT2D eigenvalue weighted by molar-refractivity contribution is 5.34. The molecule has 0 amide bonds. The van der Waals surface area contributed by atoms with Crippen molar-refractivity contribution in [3.8, 4) is 0 Å². The van der Waals surface area contributed by atoms with Gasteiger partial charge in [-0.1, -0.05) is 13.2 Å². The van der Waals surface area contributed by atoms with Gasteiger partial charge in [0.15, 0.2) is 0 Å². The Morgan fingerprint density at radius 2 is 1.10 bits per heavy atom. The van der Waals surface area contributed by atoms with Crippen LogP contribution in [0.15, 0.2) is 74.2 Å². The number of nitro benzene ring substituents is 2. The molecule has 0 aromatic heterocycles. The largest absolute Gasteiger partial charge is 0.492 e. The molecule has 0 heterocycles.